The lowest BCUT2D eigenvalue weighted by Gasteiger charge is -1.94. The van der Waals surface area contributed by atoms with Crippen LogP contribution >= 0.6 is 0 Å². The van der Waals surface area contributed by atoms with Crippen molar-refractivity contribution in [3.8, 4) is 0 Å². The van der Waals surface area contributed by atoms with E-state index in [-0.39, 0.29) is 24.3 Å². The number of nitrogens with two attached hydrogens (primary N) is 1. The predicted molar refractivity (Wildman–Crippen MR) is 75.7 cm³/mol. The first-order chi connectivity index (χ1) is 10.3. The molecule has 22 heavy (non-hydrogen) atoms. The number of carboxylic acids is 2. The highest BCUT2D eigenvalue weighted by atomic mass is 16.5. The van der Waals surface area contributed by atoms with Gasteiger partial charge in [0, 0.05) is 0 Å². The summed E-state index contributed by atoms with van der Waals surface area (Å²) < 4.78 is 4.18. The van der Waals surface area contributed by atoms with Gasteiger partial charge in [0.15, 0.2) is 0 Å². The zero-order chi connectivity index (χ0) is 17.5. The van der Waals surface area contributed by atoms with Gasteiger partial charge in [-0.25, -0.2) is 14.4 Å². The summed E-state index contributed by atoms with van der Waals surface area (Å²) in [7, 11) is 0. The minimum Gasteiger partial charge on any atom is -0.478 e. The molecule has 0 radical (unpaired) electrons. The Bertz CT molecular complexity index is 423. The number of primary amides is 1. The average molecular weight is 317 g/mol. The molecule has 1 aromatic rings. The number of rotatable bonds is 4. The maximum absolute atomic E-state index is 10.3. The van der Waals surface area contributed by atoms with E-state index in [2.05, 4.69) is 10.5 Å². The lowest BCUT2D eigenvalue weighted by molar-refractivity contribution is 0.0681. The molecule has 0 aliphatic rings. The Balaban J connectivity index is 0. The third kappa shape index (κ3) is 12.4. The van der Waals surface area contributed by atoms with Gasteiger partial charge in [0.1, 0.15) is 0 Å². The number of aliphatic hydroxyl groups is 2. The number of ether oxygens (including phenoxy) is 1. The van der Waals surface area contributed by atoms with Crippen LogP contribution in [0.4, 0.5) is 4.79 Å². The van der Waals surface area contributed by atoms with Crippen LogP contribution in [0.2, 0.25) is 0 Å². The van der Waals surface area contributed by atoms with Crippen LogP contribution in [0, 0.1) is 0 Å². The number of carbonyl (C=O) groups is 3. The maximum Gasteiger partial charge on any atom is 0.404 e. The van der Waals surface area contributed by atoms with Gasteiger partial charge in [0.25, 0.3) is 0 Å². The van der Waals surface area contributed by atoms with E-state index in [1.165, 1.54) is 24.3 Å². The van der Waals surface area contributed by atoms with Crippen LogP contribution in [0.15, 0.2) is 24.3 Å². The first kappa shape index (κ1) is 21.6. The average Bonchev–Trinajstić information content (AvgIpc) is 2.48. The van der Waals surface area contributed by atoms with Gasteiger partial charge >= 0.3 is 18.0 Å². The second-order valence-corrected chi connectivity index (χ2v) is 3.39. The van der Waals surface area contributed by atoms with Crippen molar-refractivity contribution in [1.82, 2.24) is 0 Å². The normalized spacial score (nSPS) is 8.50. The van der Waals surface area contributed by atoms with Crippen molar-refractivity contribution in [1.29, 1.82) is 0 Å². The zero-order valence-electron chi connectivity index (χ0n) is 11.9. The number of benzene rings is 1. The van der Waals surface area contributed by atoms with Gasteiger partial charge in [-0.1, -0.05) is 0 Å². The summed E-state index contributed by atoms with van der Waals surface area (Å²) in [5.74, 6) is -2.13. The summed E-state index contributed by atoms with van der Waals surface area (Å²) in [6.07, 6.45) is -0.711. The molecule has 0 atom stereocenters. The van der Waals surface area contributed by atoms with E-state index in [4.69, 9.17) is 20.4 Å². The van der Waals surface area contributed by atoms with Gasteiger partial charge in [-0.05, 0) is 31.2 Å². The molecule has 0 unspecified atom stereocenters. The highest BCUT2D eigenvalue weighted by molar-refractivity contribution is 5.91. The minimum atomic E-state index is -1.06. The van der Waals surface area contributed by atoms with E-state index in [9.17, 15) is 14.4 Å². The van der Waals surface area contributed by atoms with Crippen molar-refractivity contribution < 1.29 is 39.5 Å². The topological polar surface area (TPSA) is 167 Å². The number of hydrogen-bond acceptors (Lipinski definition) is 6. The van der Waals surface area contributed by atoms with Gasteiger partial charge in [-0.3, -0.25) is 0 Å². The van der Waals surface area contributed by atoms with Crippen molar-refractivity contribution in [3.63, 3.8) is 0 Å². The van der Waals surface area contributed by atoms with Crippen LogP contribution in [0.25, 0.3) is 0 Å². The van der Waals surface area contributed by atoms with Crippen LogP contribution in [0.3, 0.4) is 0 Å². The Kier molecular flexibility index (Phi) is 13.1. The molecule has 0 heterocycles. The number of carboxylic acid groups (broad SMARTS) is 2. The summed E-state index contributed by atoms with van der Waals surface area (Å²) in [5.41, 5.74) is 4.71. The fourth-order valence-electron chi connectivity index (χ4n) is 0.898. The Morgan fingerprint density at radius 2 is 1.27 bits per heavy atom. The molecule has 0 aromatic heterocycles. The van der Waals surface area contributed by atoms with Gasteiger partial charge in [0.05, 0.1) is 30.9 Å². The number of hydrogen-bond donors (Lipinski definition) is 5. The van der Waals surface area contributed by atoms with E-state index in [0.717, 1.165) is 0 Å². The predicted octanol–water partition coefficient (Wildman–Crippen LogP) is 0.156. The first-order valence-corrected chi connectivity index (χ1v) is 6.00. The van der Waals surface area contributed by atoms with Crippen LogP contribution in [-0.4, -0.2) is 58.3 Å². The molecule has 0 fully saturated rings. The SMILES string of the molecule is CCOC(N)=O.O=C(O)c1ccc(C(=O)O)cc1.OCCO. The Morgan fingerprint density at radius 3 is 1.36 bits per heavy atom. The van der Waals surface area contributed by atoms with E-state index >= 15 is 0 Å². The summed E-state index contributed by atoms with van der Waals surface area (Å²) in [6.45, 7) is 1.81. The Morgan fingerprint density at radius 1 is 0.955 bits per heavy atom. The van der Waals surface area contributed by atoms with E-state index in [1.54, 1.807) is 6.92 Å². The summed E-state index contributed by atoms with van der Waals surface area (Å²) in [6, 6.07) is 5.02. The van der Waals surface area contributed by atoms with Crippen molar-refractivity contribution in [2.24, 2.45) is 5.73 Å². The van der Waals surface area contributed by atoms with Crippen LogP contribution in [0.1, 0.15) is 27.6 Å². The fourth-order valence-corrected chi connectivity index (χ4v) is 0.898. The molecule has 0 aliphatic heterocycles. The molecule has 9 heteroatoms. The molecule has 0 saturated heterocycles. The summed E-state index contributed by atoms with van der Waals surface area (Å²) in [5, 5.41) is 32.2. The summed E-state index contributed by atoms with van der Waals surface area (Å²) >= 11 is 0. The first-order valence-electron chi connectivity index (χ1n) is 6.00. The van der Waals surface area contributed by atoms with Crippen molar-refractivity contribution >= 4 is 18.0 Å². The number of aromatic carboxylic acids is 2. The highest BCUT2D eigenvalue weighted by Crippen LogP contribution is 2.03. The summed E-state index contributed by atoms with van der Waals surface area (Å²) in [4.78, 5) is 30.3. The lowest BCUT2D eigenvalue weighted by Crippen LogP contribution is -2.11. The van der Waals surface area contributed by atoms with Crippen LogP contribution in [0.5, 0.6) is 0 Å². The third-order valence-corrected chi connectivity index (χ3v) is 1.77. The number of aliphatic hydroxyl groups excluding tert-OH is 2. The zero-order valence-corrected chi connectivity index (χ0v) is 11.9. The fraction of sp³-hybridized carbons (Fsp3) is 0.308. The van der Waals surface area contributed by atoms with Gasteiger partial charge < -0.3 is 30.9 Å². The van der Waals surface area contributed by atoms with E-state index < -0.39 is 18.0 Å². The molecule has 9 nitrogen and oxygen atoms in total. The van der Waals surface area contributed by atoms with Gasteiger partial charge in [-0.15, -0.1) is 0 Å². The van der Waals surface area contributed by atoms with Crippen LogP contribution in [-0.2, 0) is 4.74 Å². The van der Waals surface area contributed by atoms with Crippen LogP contribution < -0.4 is 5.73 Å². The second kappa shape index (κ2) is 13.3. The number of carbonyl (C=O) groups excluding carboxylic acids is 1. The smallest absolute Gasteiger partial charge is 0.404 e. The number of amides is 1. The Labute approximate surface area is 126 Å². The monoisotopic (exact) mass is 317 g/mol. The standard InChI is InChI=1S/C8H6O4.C3H7NO2.C2H6O2/c9-7(10)5-1-2-6(4-3-5)8(11)12;1-2-6-3(4)5;3-1-2-4/h1-4H,(H,9,10)(H,11,12);2H2,1H3,(H2,4,5);3-4H,1-2H2. The van der Waals surface area contributed by atoms with Crippen molar-refractivity contribution in [3.05, 3.63) is 35.4 Å². The molecule has 0 saturated carbocycles. The molecule has 124 valence electrons. The van der Waals surface area contributed by atoms with E-state index in [0.29, 0.717) is 6.61 Å². The molecule has 0 spiro atoms. The molecular formula is C13H19NO8. The highest BCUT2D eigenvalue weighted by Gasteiger charge is 2.04. The van der Waals surface area contributed by atoms with Gasteiger partial charge in [-0.2, -0.15) is 0 Å². The largest absolute Gasteiger partial charge is 0.478 e. The molecule has 0 aliphatic carbocycles. The molecule has 1 amide bonds. The Hall–Kier alpha value is -2.65. The lowest BCUT2D eigenvalue weighted by atomic mass is 10.1. The molecular weight excluding hydrogens is 298 g/mol. The third-order valence-electron chi connectivity index (χ3n) is 1.77. The minimum absolute atomic E-state index is 0.0833. The maximum atomic E-state index is 10.3. The van der Waals surface area contributed by atoms with E-state index in [1.807, 2.05) is 0 Å². The van der Waals surface area contributed by atoms with Gasteiger partial charge in [0.2, 0.25) is 0 Å². The molecule has 1 rings (SSSR count). The molecule has 1 aromatic carbocycles. The molecule has 0 bridgehead atoms. The van der Waals surface area contributed by atoms with Crippen molar-refractivity contribution in [2.75, 3.05) is 19.8 Å². The molecule has 6 N–H and O–H groups in total. The second-order valence-electron chi connectivity index (χ2n) is 3.39. The van der Waals surface area contributed by atoms with Crippen molar-refractivity contribution in [2.45, 2.75) is 6.92 Å². The quantitative estimate of drug-likeness (QED) is 0.523.